The molecule has 2 saturated heterocycles. The summed E-state index contributed by atoms with van der Waals surface area (Å²) in [6, 6.07) is 2.74. The van der Waals surface area contributed by atoms with Gasteiger partial charge in [0.05, 0.1) is 13.2 Å². The molecule has 21 heavy (non-hydrogen) atoms. The molecule has 3 heterocycles. The first-order valence-corrected chi connectivity index (χ1v) is 8.45. The van der Waals surface area contributed by atoms with Crippen LogP contribution in [0.15, 0.2) is 11.4 Å². The van der Waals surface area contributed by atoms with E-state index in [2.05, 4.69) is 33.1 Å². The molecular weight excluding hydrogens is 284 g/mol. The highest BCUT2D eigenvalue weighted by atomic mass is 32.1. The van der Waals surface area contributed by atoms with Crippen LogP contribution in [0.3, 0.4) is 0 Å². The number of likely N-dealkylation sites (tertiary alicyclic amines) is 1. The van der Waals surface area contributed by atoms with Crippen molar-refractivity contribution in [2.45, 2.75) is 19.0 Å². The average molecular weight is 306 g/mol. The van der Waals surface area contributed by atoms with Gasteiger partial charge in [-0.1, -0.05) is 11.8 Å². The van der Waals surface area contributed by atoms with Gasteiger partial charge in [-0.3, -0.25) is 9.80 Å². The molecule has 0 spiro atoms. The Balaban J connectivity index is 1.56. The van der Waals surface area contributed by atoms with E-state index < -0.39 is 0 Å². The molecule has 1 aromatic rings. The third-order valence-corrected chi connectivity index (χ3v) is 5.13. The predicted octanol–water partition coefficient (Wildman–Crippen LogP) is 0.998. The van der Waals surface area contributed by atoms with Gasteiger partial charge in [0.2, 0.25) is 0 Å². The Morgan fingerprint density at radius 3 is 3.00 bits per heavy atom. The summed E-state index contributed by atoms with van der Waals surface area (Å²) >= 11 is 1.76. The molecule has 1 unspecified atom stereocenters. The molecule has 4 nitrogen and oxygen atoms in total. The lowest BCUT2D eigenvalue weighted by Gasteiger charge is -2.32. The zero-order valence-electron chi connectivity index (χ0n) is 12.3. The smallest absolute Gasteiger partial charge is 0.104 e. The van der Waals surface area contributed by atoms with Crippen molar-refractivity contribution in [1.29, 1.82) is 0 Å². The van der Waals surface area contributed by atoms with E-state index in [1.165, 1.54) is 11.3 Å². The van der Waals surface area contributed by atoms with E-state index in [1.54, 1.807) is 11.3 Å². The molecule has 0 aromatic carbocycles. The minimum atomic E-state index is -0.0713. The fourth-order valence-corrected chi connectivity index (χ4v) is 3.98. The minimum absolute atomic E-state index is 0.0713. The predicted molar refractivity (Wildman–Crippen MR) is 84.4 cm³/mol. The number of ether oxygens (including phenoxy) is 1. The normalized spacial score (nSPS) is 24.0. The lowest BCUT2D eigenvalue weighted by atomic mass is 10.2. The van der Waals surface area contributed by atoms with Crippen molar-refractivity contribution in [3.63, 3.8) is 0 Å². The summed E-state index contributed by atoms with van der Waals surface area (Å²) in [5.74, 6) is 5.80. The van der Waals surface area contributed by atoms with E-state index in [9.17, 15) is 0 Å². The maximum absolute atomic E-state index is 8.82. The molecular formula is C16H22N2O2S. The maximum atomic E-state index is 8.82. The van der Waals surface area contributed by atoms with Gasteiger partial charge in [0, 0.05) is 49.2 Å². The summed E-state index contributed by atoms with van der Waals surface area (Å²) in [6.07, 6.45) is 1.25. The zero-order chi connectivity index (χ0) is 14.5. The monoisotopic (exact) mass is 306 g/mol. The first-order chi connectivity index (χ1) is 10.4. The number of hydrogen-bond acceptors (Lipinski definition) is 5. The van der Waals surface area contributed by atoms with Crippen LogP contribution in [0.4, 0.5) is 0 Å². The summed E-state index contributed by atoms with van der Waals surface area (Å²) in [4.78, 5) is 6.42. The molecule has 1 aromatic heterocycles. The summed E-state index contributed by atoms with van der Waals surface area (Å²) in [5.41, 5.74) is 1.07. The van der Waals surface area contributed by atoms with Gasteiger partial charge < -0.3 is 9.84 Å². The summed E-state index contributed by atoms with van der Waals surface area (Å²) in [6.45, 7) is 7.11. The van der Waals surface area contributed by atoms with Crippen LogP contribution in [0.2, 0.25) is 0 Å². The van der Waals surface area contributed by atoms with E-state index >= 15 is 0 Å². The van der Waals surface area contributed by atoms with Gasteiger partial charge in [0.1, 0.15) is 6.61 Å². The third-order valence-electron chi connectivity index (χ3n) is 4.22. The molecule has 2 fully saturated rings. The summed E-state index contributed by atoms with van der Waals surface area (Å²) in [5, 5.41) is 10.9. The summed E-state index contributed by atoms with van der Waals surface area (Å²) < 4.78 is 5.44. The minimum Gasteiger partial charge on any atom is -0.384 e. The Morgan fingerprint density at radius 1 is 1.33 bits per heavy atom. The molecule has 2 aliphatic rings. The highest BCUT2D eigenvalue weighted by Crippen LogP contribution is 2.23. The van der Waals surface area contributed by atoms with Gasteiger partial charge >= 0.3 is 0 Å². The van der Waals surface area contributed by atoms with E-state index in [0.717, 1.165) is 51.5 Å². The second-order valence-corrected chi connectivity index (χ2v) is 6.54. The molecule has 2 aliphatic heterocycles. The van der Waals surface area contributed by atoms with Crippen LogP contribution in [-0.2, 0) is 11.3 Å². The Bertz CT molecular complexity index is 514. The van der Waals surface area contributed by atoms with Crippen molar-refractivity contribution in [1.82, 2.24) is 9.80 Å². The van der Waals surface area contributed by atoms with Gasteiger partial charge in [0.25, 0.3) is 0 Å². The van der Waals surface area contributed by atoms with Crippen molar-refractivity contribution in [3.05, 3.63) is 21.9 Å². The van der Waals surface area contributed by atoms with Crippen molar-refractivity contribution in [2.24, 2.45) is 0 Å². The molecule has 5 heteroatoms. The van der Waals surface area contributed by atoms with Gasteiger partial charge in [-0.05, 0) is 17.9 Å². The fraction of sp³-hybridized carbons (Fsp3) is 0.625. The molecule has 0 saturated carbocycles. The van der Waals surface area contributed by atoms with Crippen LogP contribution < -0.4 is 0 Å². The van der Waals surface area contributed by atoms with Gasteiger partial charge in [-0.2, -0.15) is 0 Å². The maximum Gasteiger partial charge on any atom is 0.104 e. The third kappa shape index (κ3) is 3.85. The van der Waals surface area contributed by atoms with E-state index in [0.29, 0.717) is 6.04 Å². The largest absolute Gasteiger partial charge is 0.384 e. The van der Waals surface area contributed by atoms with Crippen LogP contribution >= 0.6 is 11.3 Å². The molecule has 0 bridgehead atoms. The number of aliphatic hydroxyl groups is 1. The highest BCUT2D eigenvalue weighted by Gasteiger charge is 2.28. The summed E-state index contributed by atoms with van der Waals surface area (Å²) in [7, 11) is 0. The lowest BCUT2D eigenvalue weighted by molar-refractivity contribution is 0.0184. The lowest BCUT2D eigenvalue weighted by Crippen LogP contribution is -2.44. The Kier molecular flexibility index (Phi) is 5.28. The standard InChI is InChI=1S/C16H22N2O2S/c19-8-1-2-14-4-11-21-16(14)13-17-5-3-15(12-17)18-6-9-20-10-7-18/h4,11,15,19H,3,5-10,12-13H2. The fourth-order valence-electron chi connectivity index (χ4n) is 3.11. The van der Waals surface area contributed by atoms with Crippen LogP contribution in [-0.4, -0.2) is 66.9 Å². The average Bonchev–Trinajstić information content (AvgIpc) is 3.16. The number of thiophene rings is 1. The molecule has 0 radical (unpaired) electrons. The number of hydrogen-bond donors (Lipinski definition) is 1. The SMILES string of the molecule is OCC#Cc1ccsc1CN1CCC(N2CCOCC2)C1. The Labute approximate surface area is 130 Å². The van der Waals surface area contributed by atoms with Gasteiger partial charge in [-0.25, -0.2) is 0 Å². The van der Waals surface area contributed by atoms with Crippen molar-refractivity contribution in [2.75, 3.05) is 46.0 Å². The molecule has 0 aliphatic carbocycles. The van der Waals surface area contributed by atoms with E-state index in [4.69, 9.17) is 9.84 Å². The number of nitrogens with zero attached hydrogens (tertiary/aromatic N) is 2. The van der Waals surface area contributed by atoms with Gasteiger partial charge in [0.15, 0.2) is 0 Å². The number of rotatable bonds is 3. The second kappa shape index (κ2) is 7.39. The Morgan fingerprint density at radius 2 is 2.19 bits per heavy atom. The van der Waals surface area contributed by atoms with Crippen LogP contribution in [0.5, 0.6) is 0 Å². The molecule has 114 valence electrons. The number of morpholine rings is 1. The van der Waals surface area contributed by atoms with Gasteiger partial charge in [-0.15, -0.1) is 11.3 Å². The molecule has 0 amide bonds. The Hall–Kier alpha value is -0.900. The van der Waals surface area contributed by atoms with Crippen LogP contribution in [0.1, 0.15) is 16.9 Å². The molecule has 3 rings (SSSR count). The van der Waals surface area contributed by atoms with Crippen LogP contribution in [0.25, 0.3) is 0 Å². The zero-order valence-corrected chi connectivity index (χ0v) is 13.1. The van der Waals surface area contributed by atoms with Crippen molar-refractivity contribution < 1.29 is 9.84 Å². The molecule has 1 atom stereocenters. The van der Waals surface area contributed by atoms with E-state index in [-0.39, 0.29) is 6.61 Å². The van der Waals surface area contributed by atoms with Crippen molar-refractivity contribution in [3.8, 4) is 11.8 Å². The van der Waals surface area contributed by atoms with Crippen molar-refractivity contribution >= 4 is 11.3 Å². The topological polar surface area (TPSA) is 35.9 Å². The number of aliphatic hydroxyl groups excluding tert-OH is 1. The highest BCUT2D eigenvalue weighted by molar-refractivity contribution is 7.10. The van der Waals surface area contributed by atoms with E-state index in [1.807, 2.05) is 0 Å². The first kappa shape index (κ1) is 15.0. The quantitative estimate of drug-likeness (QED) is 0.845. The molecule has 1 N–H and O–H groups in total. The van der Waals surface area contributed by atoms with Crippen LogP contribution in [0, 0.1) is 11.8 Å². The second-order valence-electron chi connectivity index (χ2n) is 5.54. The first-order valence-electron chi connectivity index (χ1n) is 7.57.